The first kappa shape index (κ1) is 15.9. The molecule has 0 saturated heterocycles. The first-order valence-electron chi connectivity index (χ1n) is 7.37. The standard InChI is InChI=1S/C16H17N5O3/c1-11(20(2)7-15-19-14(8-24-15)16(22)23)12-3-5-13(6-4-12)21-10-17-9-18-21/h3-6,8-11H,7H2,1-2H3,(H,22,23). The molecule has 1 unspecified atom stereocenters. The predicted molar refractivity (Wildman–Crippen MR) is 84.7 cm³/mol. The number of benzene rings is 1. The molecule has 0 spiro atoms. The maximum absolute atomic E-state index is 10.8. The number of hydrogen-bond donors (Lipinski definition) is 1. The number of aromatic nitrogens is 4. The van der Waals surface area contributed by atoms with Crippen molar-refractivity contribution in [1.82, 2.24) is 24.6 Å². The van der Waals surface area contributed by atoms with Gasteiger partial charge in [0.25, 0.3) is 0 Å². The van der Waals surface area contributed by atoms with E-state index in [0.29, 0.717) is 12.4 Å². The number of oxazole rings is 1. The highest BCUT2D eigenvalue weighted by molar-refractivity contribution is 5.84. The summed E-state index contributed by atoms with van der Waals surface area (Å²) in [7, 11) is 1.93. The summed E-state index contributed by atoms with van der Waals surface area (Å²) in [5.74, 6) is -0.717. The largest absolute Gasteiger partial charge is 0.476 e. The van der Waals surface area contributed by atoms with Gasteiger partial charge in [0.2, 0.25) is 5.89 Å². The highest BCUT2D eigenvalue weighted by Crippen LogP contribution is 2.21. The normalized spacial score (nSPS) is 12.5. The van der Waals surface area contributed by atoms with Crippen LogP contribution in [0.25, 0.3) is 5.69 Å². The van der Waals surface area contributed by atoms with Crippen molar-refractivity contribution in [2.45, 2.75) is 19.5 Å². The Morgan fingerprint density at radius 3 is 2.71 bits per heavy atom. The van der Waals surface area contributed by atoms with Crippen molar-refractivity contribution in [3.05, 3.63) is 60.3 Å². The molecular formula is C16H17N5O3. The lowest BCUT2D eigenvalue weighted by molar-refractivity contribution is 0.0690. The van der Waals surface area contributed by atoms with Crippen LogP contribution in [0.4, 0.5) is 0 Å². The Labute approximate surface area is 138 Å². The van der Waals surface area contributed by atoms with Crippen LogP contribution in [0.5, 0.6) is 0 Å². The molecule has 24 heavy (non-hydrogen) atoms. The van der Waals surface area contributed by atoms with Gasteiger partial charge in [0.1, 0.15) is 18.9 Å². The van der Waals surface area contributed by atoms with E-state index in [2.05, 4.69) is 22.0 Å². The van der Waals surface area contributed by atoms with Gasteiger partial charge in [-0.05, 0) is 31.7 Å². The van der Waals surface area contributed by atoms with Crippen molar-refractivity contribution < 1.29 is 14.3 Å². The summed E-state index contributed by atoms with van der Waals surface area (Å²) in [4.78, 5) is 20.7. The van der Waals surface area contributed by atoms with Gasteiger partial charge in [-0.1, -0.05) is 12.1 Å². The van der Waals surface area contributed by atoms with Gasteiger partial charge in [-0.2, -0.15) is 5.10 Å². The second kappa shape index (κ2) is 6.63. The lowest BCUT2D eigenvalue weighted by Crippen LogP contribution is -2.22. The second-order valence-corrected chi connectivity index (χ2v) is 5.45. The minimum Gasteiger partial charge on any atom is -0.476 e. The second-order valence-electron chi connectivity index (χ2n) is 5.45. The lowest BCUT2D eigenvalue weighted by Gasteiger charge is -2.23. The van der Waals surface area contributed by atoms with E-state index in [1.165, 1.54) is 6.33 Å². The molecule has 1 N–H and O–H groups in total. The topological polar surface area (TPSA) is 97.3 Å². The van der Waals surface area contributed by atoms with Crippen molar-refractivity contribution in [2.75, 3.05) is 7.05 Å². The van der Waals surface area contributed by atoms with E-state index in [0.717, 1.165) is 17.5 Å². The van der Waals surface area contributed by atoms with Crippen molar-refractivity contribution in [3.8, 4) is 5.69 Å². The van der Waals surface area contributed by atoms with Crippen molar-refractivity contribution >= 4 is 5.97 Å². The van der Waals surface area contributed by atoms with E-state index in [4.69, 9.17) is 9.52 Å². The van der Waals surface area contributed by atoms with Gasteiger partial charge in [-0.25, -0.2) is 19.4 Å². The van der Waals surface area contributed by atoms with Crippen molar-refractivity contribution in [2.24, 2.45) is 0 Å². The van der Waals surface area contributed by atoms with Gasteiger partial charge in [0.05, 0.1) is 12.2 Å². The fourth-order valence-electron chi connectivity index (χ4n) is 2.33. The molecule has 3 rings (SSSR count). The average Bonchev–Trinajstić information content (AvgIpc) is 3.26. The fourth-order valence-corrected chi connectivity index (χ4v) is 2.33. The van der Waals surface area contributed by atoms with E-state index < -0.39 is 5.97 Å². The van der Waals surface area contributed by atoms with Crippen LogP contribution in [0.2, 0.25) is 0 Å². The molecule has 8 nitrogen and oxygen atoms in total. The molecule has 3 aromatic rings. The van der Waals surface area contributed by atoms with Gasteiger partial charge in [0, 0.05) is 6.04 Å². The summed E-state index contributed by atoms with van der Waals surface area (Å²) in [6.45, 7) is 2.48. The summed E-state index contributed by atoms with van der Waals surface area (Å²) in [5, 5.41) is 13.0. The van der Waals surface area contributed by atoms with Gasteiger partial charge in [-0.3, -0.25) is 4.90 Å². The smallest absolute Gasteiger partial charge is 0.357 e. The average molecular weight is 327 g/mol. The quantitative estimate of drug-likeness (QED) is 0.740. The Kier molecular flexibility index (Phi) is 4.39. The van der Waals surface area contributed by atoms with Crippen LogP contribution in [-0.2, 0) is 6.54 Å². The third-order valence-corrected chi connectivity index (χ3v) is 3.88. The lowest BCUT2D eigenvalue weighted by atomic mass is 10.1. The first-order valence-corrected chi connectivity index (χ1v) is 7.37. The SMILES string of the molecule is CC(c1ccc(-n2cncn2)cc1)N(C)Cc1nc(C(=O)O)co1. The van der Waals surface area contributed by atoms with Gasteiger partial charge in [0.15, 0.2) is 5.69 Å². The Morgan fingerprint density at radius 1 is 1.38 bits per heavy atom. The molecule has 0 aliphatic carbocycles. The van der Waals surface area contributed by atoms with Crippen LogP contribution >= 0.6 is 0 Å². The van der Waals surface area contributed by atoms with Crippen LogP contribution in [0.1, 0.15) is 34.9 Å². The number of hydrogen-bond acceptors (Lipinski definition) is 6. The number of carbonyl (C=O) groups is 1. The van der Waals surface area contributed by atoms with Crippen LogP contribution in [-0.4, -0.2) is 42.8 Å². The first-order chi connectivity index (χ1) is 11.5. The molecule has 0 fully saturated rings. The molecule has 0 saturated carbocycles. The molecule has 0 aliphatic rings. The molecule has 1 aromatic carbocycles. The molecule has 2 aromatic heterocycles. The molecule has 8 heteroatoms. The molecule has 0 amide bonds. The van der Waals surface area contributed by atoms with E-state index in [9.17, 15) is 4.79 Å². The number of nitrogens with zero attached hydrogens (tertiary/aromatic N) is 5. The van der Waals surface area contributed by atoms with Crippen LogP contribution < -0.4 is 0 Å². The van der Waals surface area contributed by atoms with E-state index in [1.54, 1.807) is 11.0 Å². The Balaban J connectivity index is 1.68. The zero-order valence-electron chi connectivity index (χ0n) is 13.3. The zero-order chi connectivity index (χ0) is 17.1. The minimum atomic E-state index is -1.09. The molecule has 0 aliphatic heterocycles. The van der Waals surface area contributed by atoms with E-state index >= 15 is 0 Å². The molecule has 0 bridgehead atoms. The van der Waals surface area contributed by atoms with Gasteiger partial charge < -0.3 is 9.52 Å². The summed E-state index contributed by atoms with van der Waals surface area (Å²) in [5.41, 5.74) is 1.97. The van der Waals surface area contributed by atoms with Gasteiger partial charge >= 0.3 is 5.97 Å². The number of rotatable bonds is 6. The Bertz CT molecular complexity index is 811. The zero-order valence-corrected chi connectivity index (χ0v) is 13.3. The highest BCUT2D eigenvalue weighted by atomic mass is 16.4. The fraction of sp³-hybridized carbons (Fsp3) is 0.250. The Hall–Kier alpha value is -3.00. The van der Waals surface area contributed by atoms with E-state index in [-0.39, 0.29) is 11.7 Å². The third kappa shape index (κ3) is 3.33. The minimum absolute atomic E-state index is 0.0803. The van der Waals surface area contributed by atoms with Crippen LogP contribution in [0.3, 0.4) is 0 Å². The van der Waals surface area contributed by atoms with E-state index in [1.807, 2.05) is 36.2 Å². The highest BCUT2D eigenvalue weighted by Gasteiger charge is 2.16. The molecule has 0 radical (unpaired) electrons. The predicted octanol–water partition coefficient (Wildman–Crippen LogP) is 2.15. The maximum atomic E-state index is 10.8. The van der Waals surface area contributed by atoms with Crippen molar-refractivity contribution in [3.63, 3.8) is 0 Å². The summed E-state index contributed by atoms with van der Waals surface area (Å²) < 4.78 is 6.89. The Morgan fingerprint density at radius 2 is 2.12 bits per heavy atom. The molecule has 124 valence electrons. The number of carboxylic acid groups (broad SMARTS) is 1. The maximum Gasteiger partial charge on any atom is 0.357 e. The van der Waals surface area contributed by atoms with Crippen LogP contribution in [0.15, 0.2) is 47.6 Å². The molecule has 1 atom stereocenters. The van der Waals surface area contributed by atoms with Crippen molar-refractivity contribution in [1.29, 1.82) is 0 Å². The van der Waals surface area contributed by atoms with Gasteiger partial charge in [-0.15, -0.1) is 0 Å². The molecular weight excluding hydrogens is 310 g/mol. The summed E-state index contributed by atoms with van der Waals surface area (Å²) >= 11 is 0. The summed E-state index contributed by atoms with van der Waals surface area (Å²) in [6, 6.07) is 8.10. The number of carboxylic acids is 1. The number of aromatic carboxylic acids is 1. The molecule has 2 heterocycles. The summed E-state index contributed by atoms with van der Waals surface area (Å²) in [6.07, 6.45) is 4.29. The third-order valence-electron chi connectivity index (χ3n) is 3.88. The monoisotopic (exact) mass is 327 g/mol. The van der Waals surface area contributed by atoms with Crippen LogP contribution in [0, 0.1) is 0 Å².